The van der Waals surface area contributed by atoms with Crippen LogP contribution in [-0.4, -0.2) is 16.1 Å². The third-order valence-electron chi connectivity index (χ3n) is 4.40. The molecule has 124 valence electrons. The molecule has 1 amide bonds. The Bertz CT molecular complexity index is 887. The summed E-state index contributed by atoms with van der Waals surface area (Å²) >= 11 is 0. The minimum absolute atomic E-state index is 0.137. The summed E-state index contributed by atoms with van der Waals surface area (Å²) in [7, 11) is 0. The average molecular weight is 333 g/mol. The van der Waals surface area contributed by atoms with Gasteiger partial charge in [0.25, 0.3) is 5.91 Å². The van der Waals surface area contributed by atoms with Gasteiger partial charge in [0.2, 0.25) is 0 Å². The number of nitrogens with one attached hydrogen (secondary N) is 1. The van der Waals surface area contributed by atoms with Crippen molar-refractivity contribution in [3.63, 3.8) is 0 Å². The van der Waals surface area contributed by atoms with Crippen molar-refractivity contribution in [1.29, 1.82) is 0 Å². The van der Waals surface area contributed by atoms with E-state index in [1.807, 2.05) is 12.1 Å². The number of carbonyl (C=O) groups excluding carboxylic acids is 1. The summed E-state index contributed by atoms with van der Waals surface area (Å²) in [5.74, 6) is -0.0424. The average Bonchev–Trinajstić information content (AvgIpc) is 2.64. The number of hydrogen-bond acceptors (Lipinski definition) is 4. The Balaban J connectivity index is 2.04. The topological polar surface area (TPSA) is 78.8 Å². The fourth-order valence-corrected chi connectivity index (χ4v) is 3.21. The molecule has 0 bridgehead atoms. The lowest BCUT2D eigenvalue weighted by Crippen LogP contribution is -2.46. The van der Waals surface area contributed by atoms with E-state index >= 15 is 0 Å². The largest absolute Gasteiger partial charge is 0.508 e. The van der Waals surface area contributed by atoms with E-state index in [4.69, 9.17) is 4.84 Å². The number of aromatic hydroxyl groups is 2. The van der Waals surface area contributed by atoms with E-state index in [0.29, 0.717) is 11.1 Å². The summed E-state index contributed by atoms with van der Waals surface area (Å²) in [6, 6.07) is 20.5. The molecule has 5 heteroatoms. The normalized spacial score (nSPS) is 15.3. The molecule has 3 aromatic carbocycles. The lowest BCUT2D eigenvalue weighted by atomic mass is 9.77. The number of phenolic OH excluding ortho intramolecular Hbond substituents is 2. The Morgan fingerprint density at radius 3 is 1.84 bits per heavy atom. The summed E-state index contributed by atoms with van der Waals surface area (Å²) in [4.78, 5) is 18.1. The molecular weight excluding hydrogens is 318 g/mol. The quantitative estimate of drug-likeness (QED) is 0.673. The standard InChI is InChI=1S/C20H15NO4/c22-15-9-5-13(6-10-15)20(14-7-11-16(23)12-8-14)18-4-2-1-3-17(18)19(24)21-25-20/h1-12,22-23H,(H,21,24). The minimum atomic E-state index is -1.09. The number of carbonyl (C=O) groups is 1. The Labute approximate surface area is 144 Å². The number of hydrogen-bond donors (Lipinski definition) is 3. The van der Waals surface area contributed by atoms with Gasteiger partial charge in [-0.15, -0.1) is 0 Å². The van der Waals surface area contributed by atoms with Crippen molar-refractivity contribution in [2.75, 3.05) is 0 Å². The number of amides is 1. The molecule has 1 aliphatic heterocycles. The number of rotatable bonds is 2. The summed E-state index contributed by atoms with van der Waals surface area (Å²) < 4.78 is 0. The lowest BCUT2D eigenvalue weighted by molar-refractivity contribution is -0.0559. The number of phenols is 2. The van der Waals surface area contributed by atoms with Crippen molar-refractivity contribution in [2.24, 2.45) is 0 Å². The van der Waals surface area contributed by atoms with Crippen molar-refractivity contribution in [3.05, 3.63) is 95.1 Å². The van der Waals surface area contributed by atoms with Crippen LogP contribution in [0.3, 0.4) is 0 Å². The number of hydroxylamine groups is 1. The van der Waals surface area contributed by atoms with Gasteiger partial charge in [-0.2, -0.15) is 0 Å². The molecule has 0 unspecified atom stereocenters. The first-order chi connectivity index (χ1) is 12.1. The van der Waals surface area contributed by atoms with E-state index in [0.717, 1.165) is 11.1 Å². The molecule has 0 spiro atoms. The van der Waals surface area contributed by atoms with Crippen molar-refractivity contribution in [1.82, 2.24) is 5.48 Å². The van der Waals surface area contributed by atoms with E-state index in [1.54, 1.807) is 60.7 Å². The molecule has 3 N–H and O–H groups in total. The van der Waals surface area contributed by atoms with Crippen LogP contribution in [0, 0.1) is 0 Å². The second-order valence-electron chi connectivity index (χ2n) is 5.85. The van der Waals surface area contributed by atoms with E-state index in [1.165, 1.54) is 0 Å². The van der Waals surface area contributed by atoms with Gasteiger partial charge in [0.15, 0.2) is 5.60 Å². The Kier molecular flexibility index (Phi) is 3.44. The van der Waals surface area contributed by atoms with Gasteiger partial charge in [-0.25, -0.2) is 5.48 Å². The van der Waals surface area contributed by atoms with Crippen LogP contribution < -0.4 is 5.48 Å². The van der Waals surface area contributed by atoms with E-state index in [-0.39, 0.29) is 17.4 Å². The predicted octanol–water partition coefficient (Wildman–Crippen LogP) is 3.06. The maximum absolute atomic E-state index is 12.2. The SMILES string of the molecule is O=C1NOC(c2ccc(O)cc2)(c2ccc(O)cc2)c2ccccc21. The number of benzene rings is 3. The van der Waals surface area contributed by atoms with Crippen LogP contribution in [0.15, 0.2) is 72.8 Å². The van der Waals surface area contributed by atoms with Crippen LogP contribution in [0.25, 0.3) is 0 Å². The molecule has 0 saturated carbocycles. The third-order valence-corrected chi connectivity index (χ3v) is 4.40. The van der Waals surface area contributed by atoms with Crippen molar-refractivity contribution in [3.8, 4) is 11.5 Å². The molecule has 3 aromatic rings. The Morgan fingerprint density at radius 1 is 0.760 bits per heavy atom. The summed E-state index contributed by atoms with van der Waals surface area (Å²) in [6.07, 6.45) is 0. The van der Waals surface area contributed by atoms with Crippen LogP contribution in [0.1, 0.15) is 27.0 Å². The van der Waals surface area contributed by atoms with Gasteiger partial charge >= 0.3 is 0 Å². The van der Waals surface area contributed by atoms with Gasteiger partial charge in [0.1, 0.15) is 11.5 Å². The molecule has 0 aliphatic carbocycles. The monoisotopic (exact) mass is 333 g/mol. The highest BCUT2D eigenvalue weighted by molar-refractivity contribution is 5.96. The van der Waals surface area contributed by atoms with Gasteiger partial charge in [-0.1, -0.05) is 42.5 Å². The molecule has 0 aromatic heterocycles. The lowest BCUT2D eigenvalue weighted by Gasteiger charge is -2.39. The van der Waals surface area contributed by atoms with Crippen LogP contribution in [0.2, 0.25) is 0 Å². The van der Waals surface area contributed by atoms with Gasteiger partial charge in [-0.05, 0) is 41.5 Å². The van der Waals surface area contributed by atoms with Gasteiger partial charge < -0.3 is 10.2 Å². The minimum Gasteiger partial charge on any atom is -0.508 e. The summed E-state index contributed by atoms with van der Waals surface area (Å²) in [5.41, 5.74) is 4.08. The van der Waals surface area contributed by atoms with Crippen LogP contribution in [0.4, 0.5) is 0 Å². The smallest absolute Gasteiger partial charge is 0.275 e. The zero-order valence-corrected chi connectivity index (χ0v) is 13.1. The molecule has 1 heterocycles. The van der Waals surface area contributed by atoms with Gasteiger partial charge in [-0.3, -0.25) is 9.63 Å². The molecule has 5 nitrogen and oxygen atoms in total. The Morgan fingerprint density at radius 2 is 1.28 bits per heavy atom. The second kappa shape index (κ2) is 5.65. The van der Waals surface area contributed by atoms with Crippen LogP contribution in [0.5, 0.6) is 11.5 Å². The fourth-order valence-electron chi connectivity index (χ4n) is 3.21. The fraction of sp³-hybridized carbons (Fsp3) is 0.0500. The number of fused-ring (bicyclic) bond motifs is 1. The highest BCUT2D eigenvalue weighted by Crippen LogP contribution is 2.43. The van der Waals surface area contributed by atoms with Crippen LogP contribution in [-0.2, 0) is 10.4 Å². The second-order valence-corrected chi connectivity index (χ2v) is 5.85. The highest BCUT2D eigenvalue weighted by Gasteiger charge is 2.44. The first-order valence-corrected chi connectivity index (χ1v) is 7.78. The molecule has 4 rings (SSSR count). The molecule has 1 aliphatic rings. The van der Waals surface area contributed by atoms with Crippen LogP contribution >= 0.6 is 0 Å². The van der Waals surface area contributed by atoms with Gasteiger partial charge in [0.05, 0.1) is 0 Å². The maximum atomic E-state index is 12.2. The van der Waals surface area contributed by atoms with Crippen molar-refractivity contribution >= 4 is 5.91 Å². The predicted molar refractivity (Wildman–Crippen MR) is 91.1 cm³/mol. The molecule has 0 fully saturated rings. The van der Waals surface area contributed by atoms with Crippen molar-refractivity contribution in [2.45, 2.75) is 5.60 Å². The molecule has 25 heavy (non-hydrogen) atoms. The molecule has 0 atom stereocenters. The van der Waals surface area contributed by atoms with E-state index in [9.17, 15) is 15.0 Å². The van der Waals surface area contributed by atoms with E-state index < -0.39 is 5.60 Å². The summed E-state index contributed by atoms with van der Waals surface area (Å²) in [5, 5.41) is 19.3. The van der Waals surface area contributed by atoms with Gasteiger partial charge in [0, 0.05) is 11.1 Å². The molecule has 0 radical (unpaired) electrons. The first-order valence-electron chi connectivity index (χ1n) is 7.78. The first kappa shape index (κ1) is 15.2. The molecular formula is C20H15NO4. The van der Waals surface area contributed by atoms with E-state index in [2.05, 4.69) is 5.48 Å². The Hall–Kier alpha value is -3.31. The molecule has 0 saturated heterocycles. The zero-order valence-electron chi connectivity index (χ0n) is 13.1. The summed E-state index contributed by atoms with van der Waals surface area (Å²) in [6.45, 7) is 0. The van der Waals surface area contributed by atoms with Crippen molar-refractivity contribution < 1.29 is 19.8 Å². The maximum Gasteiger partial charge on any atom is 0.275 e. The highest BCUT2D eigenvalue weighted by atomic mass is 16.7. The third kappa shape index (κ3) is 2.33. The zero-order chi connectivity index (χ0) is 17.4.